The van der Waals surface area contributed by atoms with Crippen LogP contribution in [-0.4, -0.2) is 20.0 Å². The molecule has 4 rings (SSSR count). The number of fused-ring (bicyclic) bond motifs is 2. The normalized spacial score (nSPS) is 17.6. The fourth-order valence-corrected chi connectivity index (χ4v) is 3.08. The summed E-state index contributed by atoms with van der Waals surface area (Å²) < 4.78 is 1.83. The van der Waals surface area contributed by atoms with Crippen LogP contribution in [0.1, 0.15) is 36.9 Å². The maximum absolute atomic E-state index is 4.86. The van der Waals surface area contributed by atoms with E-state index in [0.29, 0.717) is 5.92 Å². The highest BCUT2D eigenvalue weighted by Crippen LogP contribution is 2.34. The molecule has 2 heterocycles. The molecule has 4 heteroatoms. The molecule has 1 unspecified atom stereocenters. The largest absolute Gasteiger partial charge is 0.233 e. The minimum absolute atomic E-state index is 0.597. The van der Waals surface area contributed by atoms with Gasteiger partial charge in [-0.2, -0.15) is 4.68 Å². The van der Waals surface area contributed by atoms with Gasteiger partial charge in [0.15, 0.2) is 5.82 Å². The third kappa shape index (κ3) is 1.64. The quantitative estimate of drug-likeness (QED) is 0.713. The molecule has 4 nitrogen and oxygen atoms in total. The number of aromatic nitrogens is 4. The van der Waals surface area contributed by atoms with E-state index in [-0.39, 0.29) is 0 Å². The van der Waals surface area contributed by atoms with Crippen molar-refractivity contribution >= 4 is 11.0 Å². The molecule has 0 spiro atoms. The van der Waals surface area contributed by atoms with Crippen LogP contribution in [-0.2, 0) is 6.42 Å². The molecule has 3 aromatic rings. The Balaban J connectivity index is 1.87. The van der Waals surface area contributed by atoms with Crippen molar-refractivity contribution in [2.45, 2.75) is 32.1 Å². The lowest BCUT2D eigenvalue weighted by molar-refractivity contribution is 0.639. The van der Waals surface area contributed by atoms with E-state index in [4.69, 9.17) is 4.98 Å². The van der Waals surface area contributed by atoms with Gasteiger partial charge in [-0.25, -0.2) is 4.98 Å². The van der Waals surface area contributed by atoms with Crippen molar-refractivity contribution in [1.82, 2.24) is 20.0 Å². The van der Waals surface area contributed by atoms with E-state index in [0.717, 1.165) is 29.7 Å². The highest BCUT2D eigenvalue weighted by molar-refractivity contribution is 5.75. The first-order chi connectivity index (χ1) is 9.86. The zero-order valence-corrected chi connectivity index (χ0v) is 11.5. The van der Waals surface area contributed by atoms with E-state index in [1.807, 2.05) is 28.9 Å². The summed E-state index contributed by atoms with van der Waals surface area (Å²) in [5.74, 6) is 1.47. The molecule has 0 radical (unpaired) electrons. The molecule has 1 atom stereocenters. The zero-order valence-electron chi connectivity index (χ0n) is 11.5. The highest BCUT2D eigenvalue weighted by Gasteiger charge is 2.23. The minimum Gasteiger partial charge on any atom is -0.233 e. The molecule has 0 amide bonds. The Kier molecular flexibility index (Phi) is 2.55. The minimum atomic E-state index is 0.597. The molecule has 0 bridgehead atoms. The zero-order chi connectivity index (χ0) is 13.5. The summed E-state index contributed by atoms with van der Waals surface area (Å²) in [5, 5.41) is 8.45. The average Bonchev–Trinajstić information content (AvgIpc) is 3.10. The van der Waals surface area contributed by atoms with Crippen molar-refractivity contribution in [2.75, 3.05) is 0 Å². The van der Waals surface area contributed by atoms with Gasteiger partial charge >= 0.3 is 0 Å². The Morgan fingerprint density at radius 1 is 1.20 bits per heavy atom. The molecule has 0 saturated carbocycles. The highest BCUT2D eigenvalue weighted by atomic mass is 15.4. The van der Waals surface area contributed by atoms with E-state index in [9.17, 15) is 0 Å². The Morgan fingerprint density at radius 3 is 3.00 bits per heavy atom. The fraction of sp³-hybridized carbons (Fsp3) is 0.312. The van der Waals surface area contributed by atoms with E-state index in [2.05, 4.69) is 29.4 Å². The van der Waals surface area contributed by atoms with Crippen LogP contribution in [0.2, 0.25) is 0 Å². The Morgan fingerprint density at radius 2 is 2.10 bits per heavy atom. The summed E-state index contributed by atoms with van der Waals surface area (Å²) in [6.07, 6.45) is 3.53. The second-order valence-electron chi connectivity index (χ2n) is 5.35. The van der Waals surface area contributed by atoms with Gasteiger partial charge < -0.3 is 0 Å². The van der Waals surface area contributed by atoms with Gasteiger partial charge in [-0.1, -0.05) is 30.3 Å². The smallest absolute Gasteiger partial charge is 0.156 e. The molecule has 20 heavy (non-hydrogen) atoms. The van der Waals surface area contributed by atoms with Gasteiger partial charge in [-0.3, -0.25) is 0 Å². The number of para-hydroxylation sites is 1. The summed E-state index contributed by atoms with van der Waals surface area (Å²) in [7, 11) is 0. The molecular weight excluding hydrogens is 248 g/mol. The van der Waals surface area contributed by atoms with Crippen LogP contribution in [0.5, 0.6) is 0 Å². The van der Waals surface area contributed by atoms with Gasteiger partial charge in [0.25, 0.3) is 0 Å². The molecule has 100 valence electrons. The Bertz CT molecular complexity index is 775. The number of benzene rings is 1. The predicted octanol–water partition coefficient (Wildman–Crippen LogP) is 3.26. The van der Waals surface area contributed by atoms with Gasteiger partial charge in [-0.05, 0) is 43.0 Å². The summed E-state index contributed by atoms with van der Waals surface area (Å²) in [6.45, 7) is 2.24. The van der Waals surface area contributed by atoms with Crippen molar-refractivity contribution in [1.29, 1.82) is 0 Å². The van der Waals surface area contributed by atoms with E-state index in [1.54, 1.807) is 0 Å². The lowest BCUT2D eigenvalue weighted by Crippen LogP contribution is -2.04. The third-order valence-corrected chi connectivity index (χ3v) is 4.21. The number of nitrogens with zero attached hydrogens (tertiary/aromatic N) is 4. The molecule has 0 saturated heterocycles. The fourth-order valence-electron chi connectivity index (χ4n) is 3.08. The summed E-state index contributed by atoms with van der Waals surface area (Å²) in [5.41, 5.74) is 4.56. The number of rotatable bonds is 2. The molecule has 0 N–H and O–H groups in total. The van der Waals surface area contributed by atoms with Gasteiger partial charge in [0, 0.05) is 11.6 Å². The average molecular weight is 264 g/mol. The van der Waals surface area contributed by atoms with Crippen LogP contribution in [0.3, 0.4) is 0 Å². The van der Waals surface area contributed by atoms with Crippen molar-refractivity contribution in [2.24, 2.45) is 0 Å². The monoisotopic (exact) mass is 264 g/mol. The van der Waals surface area contributed by atoms with Gasteiger partial charge in [0.05, 0.1) is 5.52 Å². The topological polar surface area (TPSA) is 43.6 Å². The van der Waals surface area contributed by atoms with Crippen LogP contribution in [0.25, 0.3) is 16.9 Å². The second kappa shape index (κ2) is 4.40. The van der Waals surface area contributed by atoms with Crippen molar-refractivity contribution in [3.63, 3.8) is 0 Å². The molecule has 1 aliphatic carbocycles. The maximum atomic E-state index is 4.86. The van der Waals surface area contributed by atoms with E-state index >= 15 is 0 Å². The molecule has 0 aliphatic heterocycles. The van der Waals surface area contributed by atoms with Crippen molar-refractivity contribution in [3.8, 4) is 5.82 Å². The number of hydrogen-bond donors (Lipinski definition) is 0. The van der Waals surface area contributed by atoms with Crippen LogP contribution in [0.4, 0.5) is 0 Å². The Hall–Kier alpha value is -2.23. The SMILES string of the molecule is CCC1CCc2ccc(-n3nnc4ccccc43)nc21. The second-order valence-corrected chi connectivity index (χ2v) is 5.35. The molecule has 0 fully saturated rings. The van der Waals surface area contributed by atoms with Crippen LogP contribution >= 0.6 is 0 Å². The lowest BCUT2D eigenvalue weighted by atomic mass is 10.0. The summed E-state index contributed by atoms with van der Waals surface area (Å²) in [4.78, 5) is 4.86. The van der Waals surface area contributed by atoms with E-state index in [1.165, 1.54) is 17.7 Å². The van der Waals surface area contributed by atoms with Gasteiger partial charge in [-0.15, -0.1) is 5.10 Å². The standard InChI is InChI=1S/C16H16N4/c1-2-11-7-8-12-9-10-15(17-16(11)12)20-14-6-4-3-5-13(14)18-19-20/h3-6,9-11H,2,7-8H2,1H3. The van der Waals surface area contributed by atoms with Crippen LogP contribution in [0.15, 0.2) is 36.4 Å². The first-order valence-electron chi connectivity index (χ1n) is 7.17. The number of hydrogen-bond acceptors (Lipinski definition) is 3. The predicted molar refractivity (Wildman–Crippen MR) is 78.0 cm³/mol. The summed E-state index contributed by atoms with van der Waals surface area (Å²) in [6, 6.07) is 12.2. The molecule has 1 aromatic carbocycles. The first kappa shape index (κ1) is 11.6. The van der Waals surface area contributed by atoms with Crippen LogP contribution < -0.4 is 0 Å². The molecule has 1 aliphatic rings. The van der Waals surface area contributed by atoms with Gasteiger partial charge in [0.1, 0.15) is 5.52 Å². The number of pyridine rings is 1. The summed E-state index contributed by atoms with van der Waals surface area (Å²) >= 11 is 0. The first-order valence-corrected chi connectivity index (χ1v) is 7.17. The van der Waals surface area contributed by atoms with Gasteiger partial charge in [0.2, 0.25) is 0 Å². The maximum Gasteiger partial charge on any atom is 0.156 e. The lowest BCUT2D eigenvalue weighted by Gasteiger charge is -2.09. The number of aryl methyl sites for hydroxylation is 1. The van der Waals surface area contributed by atoms with Crippen LogP contribution in [0, 0.1) is 0 Å². The van der Waals surface area contributed by atoms with E-state index < -0.39 is 0 Å². The molecule has 2 aromatic heterocycles. The van der Waals surface area contributed by atoms with Crippen molar-refractivity contribution in [3.05, 3.63) is 47.7 Å². The molecular formula is C16H16N4. The van der Waals surface area contributed by atoms with Crippen molar-refractivity contribution < 1.29 is 0 Å². The Labute approximate surface area is 117 Å². The third-order valence-electron chi connectivity index (χ3n) is 4.21.